The molecular formula is C14H19BrCl2N2O. The van der Waals surface area contributed by atoms with Crippen molar-refractivity contribution in [3.63, 3.8) is 0 Å². The molecule has 2 rings (SSSR count). The molecule has 1 atom stereocenters. The van der Waals surface area contributed by atoms with Gasteiger partial charge in [0.1, 0.15) is 0 Å². The molecule has 0 radical (unpaired) electrons. The summed E-state index contributed by atoms with van der Waals surface area (Å²) in [6, 6.07) is 5.97. The van der Waals surface area contributed by atoms with Crippen LogP contribution in [0.2, 0.25) is 5.02 Å². The molecule has 0 aliphatic carbocycles. The van der Waals surface area contributed by atoms with E-state index in [1.807, 2.05) is 23.1 Å². The van der Waals surface area contributed by atoms with Gasteiger partial charge in [-0.1, -0.05) is 27.5 Å². The average molecular weight is 382 g/mol. The van der Waals surface area contributed by atoms with Gasteiger partial charge in [-0.05, 0) is 37.1 Å². The minimum atomic E-state index is 0. The molecule has 6 heteroatoms. The molecular weight excluding hydrogens is 363 g/mol. The number of aryl methyl sites for hydroxylation is 1. The van der Waals surface area contributed by atoms with Crippen LogP contribution in [0.4, 0.5) is 0 Å². The van der Waals surface area contributed by atoms with Crippen molar-refractivity contribution in [3.8, 4) is 0 Å². The van der Waals surface area contributed by atoms with Crippen LogP contribution in [0.1, 0.15) is 18.9 Å². The lowest BCUT2D eigenvalue weighted by Gasteiger charge is -2.34. The molecule has 20 heavy (non-hydrogen) atoms. The van der Waals surface area contributed by atoms with Crippen molar-refractivity contribution in [2.45, 2.75) is 25.8 Å². The summed E-state index contributed by atoms with van der Waals surface area (Å²) in [4.78, 5) is 14.2. The Labute approximate surface area is 139 Å². The standard InChI is InChI=1S/C14H18BrClN2O.ClH/c1-10-9-17-6-7-18(10)14(19)5-2-11-8-12(16)3-4-13(11)15;/h3-4,8,10,17H,2,5-7,9H2,1H3;1H/t10-;/m0./s1. The zero-order chi connectivity index (χ0) is 13.8. The Morgan fingerprint density at radius 2 is 2.30 bits per heavy atom. The van der Waals surface area contributed by atoms with E-state index in [1.165, 1.54) is 0 Å². The van der Waals surface area contributed by atoms with E-state index >= 15 is 0 Å². The van der Waals surface area contributed by atoms with Crippen LogP contribution < -0.4 is 5.32 Å². The Morgan fingerprint density at radius 3 is 3.00 bits per heavy atom. The van der Waals surface area contributed by atoms with E-state index in [2.05, 4.69) is 28.2 Å². The lowest BCUT2D eigenvalue weighted by molar-refractivity contribution is -0.133. The third-order valence-corrected chi connectivity index (χ3v) is 4.45. The average Bonchev–Trinajstić information content (AvgIpc) is 2.40. The number of halogens is 3. The Morgan fingerprint density at radius 1 is 1.55 bits per heavy atom. The van der Waals surface area contributed by atoms with Crippen molar-refractivity contribution in [2.75, 3.05) is 19.6 Å². The predicted molar refractivity (Wildman–Crippen MR) is 88.8 cm³/mol. The van der Waals surface area contributed by atoms with Crippen molar-refractivity contribution < 1.29 is 4.79 Å². The summed E-state index contributed by atoms with van der Waals surface area (Å²) in [5, 5.41) is 4.00. The monoisotopic (exact) mass is 380 g/mol. The molecule has 1 N–H and O–H groups in total. The first-order chi connectivity index (χ1) is 9.08. The molecule has 1 aromatic rings. The summed E-state index contributed by atoms with van der Waals surface area (Å²) in [6.45, 7) is 4.65. The van der Waals surface area contributed by atoms with Crippen LogP contribution in [0, 0.1) is 0 Å². The molecule has 0 unspecified atom stereocenters. The van der Waals surface area contributed by atoms with E-state index in [9.17, 15) is 4.79 Å². The third kappa shape index (κ3) is 4.62. The van der Waals surface area contributed by atoms with Crippen LogP contribution in [0.25, 0.3) is 0 Å². The van der Waals surface area contributed by atoms with Crippen molar-refractivity contribution in [1.29, 1.82) is 0 Å². The maximum Gasteiger partial charge on any atom is 0.223 e. The fourth-order valence-corrected chi connectivity index (χ4v) is 2.97. The first-order valence-corrected chi connectivity index (χ1v) is 7.69. The summed E-state index contributed by atoms with van der Waals surface area (Å²) in [5.41, 5.74) is 1.09. The molecule has 1 heterocycles. The smallest absolute Gasteiger partial charge is 0.223 e. The summed E-state index contributed by atoms with van der Waals surface area (Å²) < 4.78 is 1.01. The van der Waals surface area contributed by atoms with Crippen LogP contribution in [0.5, 0.6) is 0 Å². The molecule has 1 amide bonds. The van der Waals surface area contributed by atoms with E-state index < -0.39 is 0 Å². The van der Waals surface area contributed by atoms with Gasteiger partial charge in [-0.3, -0.25) is 4.79 Å². The van der Waals surface area contributed by atoms with Gasteiger partial charge in [0.05, 0.1) is 0 Å². The SMILES string of the molecule is C[C@H]1CNCCN1C(=O)CCc1cc(Cl)ccc1Br.Cl. The van der Waals surface area contributed by atoms with E-state index in [4.69, 9.17) is 11.6 Å². The first kappa shape index (κ1) is 17.8. The van der Waals surface area contributed by atoms with E-state index in [-0.39, 0.29) is 24.4 Å². The third-order valence-electron chi connectivity index (χ3n) is 3.44. The maximum atomic E-state index is 12.2. The summed E-state index contributed by atoms with van der Waals surface area (Å²) in [6.07, 6.45) is 1.25. The normalized spacial score (nSPS) is 18.6. The van der Waals surface area contributed by atoms with Gasteiger partial charge < -0.3 is 10.2 Å². The lowest BCUT2D eigenvalue weighted by Crippen LogP contribution is -2.52. The number of rotatable bonds is 3. The molecule has 0 aromatic heterocycles. The predicted octanol–water partition coefficient (Wildman–Crippen LogP) is 3.28. The highest BCUT2D eigenvalue weighted by atomic mass is 79.9. The number of hydrogen-bond donors (Lipinski definition) is 1. The van der Waals surface area contributed by atoms with E-state index in [0.717, 1.165) is 36.1 Å². The van der Waals surface area contributed by atoms with Crippen LogP contribution in [0.15, 0.2) is 22.7 Å². The highest BCUT2D eigenvalue weighted by Gasteiger charge is 2.22. The molecule has 1 aliphatic heterocycles. The van der Waals surface area contributed by atoms with Gasteiger partial charge in [0, 0.05) is 41.6 Å². The molecule has 1 aliphatic rings. The summed E-state index contributed by atoms with van der Waals surface area (Å²) >= 11 is 9.47. The fourth-order valence-electron chi connectivity index (χ4n) is 2.33. The number of piperazine rings is 1. The maximum absolute atomic E-state index is 12.2. The second-order valence-electron chi connectivity index (χ2n) is 4.88. The molecule has 112 valence electrons. The number of hydrogen-bond acceptors (Lipinski definition) is 2. The Kier molecular flexibility index (Phi) is 7.30. The Hall–Kier alpha value is -0.290. The van der Waals surface area contributed by atoms with Crippen molar-refractivity contribution in [1.82, 2.24) is 10.2 Å². The Bertz CT molecular complexity index is 470. The van der Waals surface area contributed by atoms with Gasteiger partial charge in [0.15, 0.2) is 0 Å². The molecule has 0 spiro atoms. The zero-order valence-electron chi connectivity index (χ0n) is 11.4. The molecule has 1 aromatic carbocycles. The minimum Gasteiger partial charge on any atom is -0.337 e. The van der Waals surface area contributed by atoms with Gasteiger partial charge in [0.2, 0.25) is 5.91 Å². The molecule has 1 saturated heterocycles. The number of amides is 1. The number of benzene rings is 1. The van der Waals surface area contributed by atoms with Gasteiger partial charge in [-0.25, -0.2) is 0 Å². The van der Waals surface area contributed by atoms with Crippen molar-refractivity contribution in [2.24, 2.45) is 0 Å². The molecule has 0 saturated carbocycles. The Balaban J connectivity index is 0.00000200. The highest BCUT2D eigenvalue weighted by Crippen LogP contribution is 2.22. The topological polar surface area (TPSA) is 32.3 Å². The lowest BCUT2D eigenvalue weighted by atomic mass is 10.1. The summed E-state index contributed by atoms with van der Waals surface area (Å²) in [7, 11) is 0. The fraction of sp³-hybridized carbons (Fsp3) is 0.500. The van der Waals surface area contributed by atoms with Crippen LogP contribution >= 0.6 is 39.9 Å². The van der Waals surface area contributed by atoms with Crippen molar-refractivity contribution in [3.05, 3.63) is 33.3 Å². The largest absolute Gasteiger partial charge is 0.337 e. The quantitative estimate of drug-likeness (QED) is 0.871. The summed E-state index contributed by atoms with van der Waals surface area (Å²) in [5.74, 6) is 0.223. The van der Waals surface area contributed by atoms with Gasteiger partial charge >= 0.3 is 0 Å². The van der Waals surface area contributed by atoms with Crippen LogP contribution in [-0.4, -0.2) is 36.5 Å². The highest BCUT2D eigenvalue weighted by molar-refractivity contribution is 9.10. The number of carbonyl (C=O) groups is 1. The first-order valence-electron chi connectivity index (χ1n) is 6.52. The second-order valence-corrected chi connectivity index (χ2v) is 6.17. The van der Waals surface area contributed by atoms with Crippen molar-refractivity contribution >= 4 is 45.8 Å². The second kappa shape index (κ2) is 8.23. The van der Waals surface area contributed by atoms with Gasteiger partial charge in [-0.2, -0.15) is 0 Å². The van der Waals surface area contributed by atoms with E-state index in [0.29, 0.717) is 11.4 Å². The molecule has 0 bridgehead atoms. The number of nitrogens with one attached hydrogen (secondary N) is 1. The molecule has 1 fully saturated rings. The minimum absolute atomic E-state index is 0. The van der Waals surface area contributed by atoms with E-state index in [1.54, 1.807) is 0 Å². The number of carbonyl (C=O) groups excluding carboxylic acids is 1. The van der Waals surface area contributed by atoms with Crippen LogP contribution in [0.3, 0.4) is 0 Å². The van der Waals surface area contributed by atoms with Crippen LogP contribution in [-0.2, 0) is 11.2 Å². The van der Waals surface area contributed by atoms with Gasteiger partial charge in [0.25, 0.3) is 0 Å². The van der Waals surface area contributed by atoms with Gasteiger partial charge in [-0.15, -0.1) is 12.4 Å². The number of nitrogens with zero attached hydrogens (tertiary/aromatic N) is 1. The molecule has 3 nitrogen and oxygen atoms in total. The zero-order valence-corrected chi connectivity index (χ0v) is 14.5.